The molecule has 0 heterocycles. The molecule has 0 aromatic rings. The maximum absolute atomic E-state index is 5.23. The van der Waals surface area contributed by atoms with Crippen LogP contribution in [0, 0.1) is 0 Å². The molecule has 1 aliphatic rings. The number of thiocarbonyl (C=S) groups is 1. The zero-order valence-corrected chi connectivity index (χ0v) is 8.60. The minimum Gasteiger partial charge on any atom is -0.359 e. The van der Waals surface area contributed by atoms with Gasteiger partial charge in [-0.25, -0.2) is 0 Å². The van der Waals surface area contributed by atoms with Crippen molar-refractivity contribution >= 4 is 17.1 Å². The summed E-state index contributed by atoms with van der Waals surface area (Å²) in [7, 11) is 1.62. The quantitative estimate of drug-likeness (QED) is 0.392. The lowest BCUT2D eigenvalue weighted by molar-refractivity contribution is -0.0204. The normalized spacial score (nSPS) is 17.0. The molecule has 3 heteroatoms. The first-order valence-electron chi connectivity index (χ1n) is 4.29. The summed E-state index contributed by atoms with van der Waals surface area (Å²) in [5.41, 5.74) is 1.18. The van der Waals surface area contributed by atoms with Crippen LogP contribution in [0.15, 0.2) is 23.8 Å². The van der Waals surface area contributed by atoms with Crippen LogP contribution in [0.4, 0.5) is 0 Å². The van der Waals surface area contributed by atoms with Gasteiger partial charge in [0.1, 0.15) is 6.79 Å². The van der Waals surface area contributed by atoms with Gasteiger partial charge in [-0.1, -0.05) is 24.4 Å². The lowest BCUT2D eigenvalue weighted by Gasteiger charge is -2.02. The molecule has 1 rings (SSSR count). The fourth-order valence-electron chi connectivity index (χ4n) is 1.10. The molecule has 0 unspecified atom stereocenters. The Labute approximate surface area is 84.2 Å². The molecule has 72 valence electrons. The first-order chi connectivity index (χ1) is 6.33. The molecule has 0 saturated heterocycles. The molecule has 0 atom stereocenters. The van der Waals surface area contributed by atoms with Crippen molar-refractivity contribution in [1.82, 2.24) is 0 Å². The van der Waals surface area contributed by atoms with E-state index in [9.17, 15) is 0 Å². The Morgan fingerprint density at radius 2 is 2.31 bits per heavy atom. The van der Waals surface area contributed by atoms with Crippen LogP contribution in [0.2, 0.25) is 0 Å². The lowest BCUT2D eigenvalue weighted by atomic mass is 10.2. The van der Waals surface area contributed by atoms with Crippen LogP contribution >= 0.6 is 12.2 Å². The standard InChI is InChI=1S/C10H14O2S/c1-11-8-12-7-9-3-2-4-10(13)6-5-9/h3,5-6H,2,4,7-8H2,1H3. The van der Waals surface area contributed by atoms with Crippen molar-refractivity contribution < 1.29 is 9.47 Å². The zero-order chi connectivity index (χ0) is 9.52. The molecular formula is C10H14O2S. The first-order valence-corrected chi connectivity index (χ1v) is 4.70. The van der Waals surface area contributed by atoms with Crippen LogP contribution in [0.5, 0.6) is 0 Å². The van der Waals surface area contributed by atoms with Gasteiger partial charge < -0.3 is 9.47 Å². The van der Waals surface area contributed by atoms with Gasteiger partial charge in [-0.3, -0.25) is 0 Å². The van der Waals surface area contributed by atoms with E-state index in [0.717, 1.165) is 17.7 Å². The minimum atomic E-state index is 0.343. The van der Waals surface area contributed by atoms with E-state index in [4.69, 9.17) is 21.7 Å². The van der Waals surface area contributed by atoms with Gasteiger partial charge in [-0.05, 0) is 24.5 Å². The molecule has 0 aliphatic heterocycles. The van der Waals surface area contributed by atoms with Crippen LogP contribution < -0.4 is 0 Å². The van der Waals surface area contributed by atoms with Crippen LogP contribution in [0.1, 0.15) is 12.8 Å². The number of methoxy groups -OCH3 is 1. The summed E-state index contributed by atoms with van der Waals surface area (Å²) in [6, 6.07) is 0. The second kappa shape index (κ2) is 6.02. The van der Waals surface area contributed by atoms with Gasteiger partial charge >= 0.3 is 0 Å². The highest BCUT2D eigenvalue weighted by molar-refractivity contribution is 7.80. The summed E-state index contributed by atoms with van der Waals surface area (Å²) in [4.78, 5) is 1.01. The third-order valence-corrected chi connectivity index (χ3v) is 2.09. The first kappa shape index (κ1) is 10.6. The Morgan fingerprint density at radius 1 is 1.46 bits per heavy atom. The summed E-state index contributed by atoms with van der Waals surface area (Å²) in [6.07, 6.45) is 8.14. The van der Waals surface area contributed by atoms with E-state index in [0.29, 0.717) is 13.4 Å². The fourth-order valence-corrected chi connectivity index (χ4v) is 1.29. The third kappa shape index (κ3) is 4.31. The van der Waals surface area contributed by atoms with E-state index >= 15 is 0 Å². The summed E-state index contributed by atoms with van der Waals surface area (Å²) >= 11 is 5.10. The van der Waals surface area contributed by atoms with Gasteiger partial charge in [-0.2, -0.15) is 0 Å². The maximum atomic E-state index is 5.23. The molecule has 0 aromatic carbocycles. The average Bonchev–Trinajstić information content (AvgIpc) is 2.32. The maximum Gasteiger partial charge on any atom is 0.146 e. The molecule has 0 N–H and O–H groups in total. The van der Waals surface area contributed by atoms with Gasteiger partial charge in [-0.15, -0.1) is 0 Å². The minimum absolute atomic E-state index is 0.343. The van der Waals surface area contributed by atoms with Crippen molar-refractivity contribution in [2.24, 2.45) is 0 Å². The topological polar surface area (TPSA) is 18.5 Å². The molecule has 0 radical (unpaired) electrons. The van der Waals surface area contributed by atoms with Crippen molar-refractivity contribution in [2.45, 2.75) is 12.8 Å². The van der Waals surface area contributed by atoms with Gasteiger partial charge in [0, 0.05) is 12.0 Å². The smallest absolute Gasteiger partial charge is 0.146 e. The molecule has 0 saturated carbocycles. The molecule has 0 bridgehead atoms. The van der Waals surface area contributed by atoms with E-state index in [1.807, 2.05) is 12.2 Å². The number of hydrogen-bond donors (Lipinski definition) is 0. The van der Waals surface area contributed by atoms with Crippen LogP contribution in [-0.4, -0.2) is 25.4 Å². The summed E-state index contributed by atoms with van der Waals surface area (Å²) in [6.45, 7) is 0.947. The fraction of sp³-hybridized carbons (Fsp3) is 0.500. The number of ether oxygens (including phenoxy) is 2. The Balaban J connectivity index is 2.35. The van der Waals surface area contributed by atoms with Gasteiger partial charge in [0.25, 0.3) is 0 Å². The second-order valence-electron chi connectivity index (χ2n) is 2.87. The van der Waals surface area contributed by atoms with Crippen LogP contribution in [0.25, 0.3) is 0 Å². The molecular weight excluding hydrogens is 184 g/mol. The van der Waals surface area contributed by atoms with Crippen molar-refractivity contribution in [2.75, 3.05) is 20.5 Å². The van der Waals surface area contributed by atoms with Crippen LogP contribution in [-0.2, 0) is 9.47 Å². The molecule has 13 heavy (non-hydrogen) atoms. The summed E-state index contributed by atoms with van der Waals surface area (Å²) in [5.74, 6) is 0. The highest BCUT2D eigenvalue weighted by Crippen LogP contribution is 2.09. The predicted octanol–water partition coefficient (Wildman–Crippen LogP) is 2.25. The van der Waals surface area contributed by atoms with Crippen LogP contribution in [0.3, 0.4) is 0 Å². The Kier molecular flexibility index (Phi) is 4.90. The van der Waals surface area contributed by atoms with Gasteiger partial charge in [0.2, 0.25) is 0 Å². The highest BCUT2D eigenvalue weighted by atomic mass is 32.1. The highest BCUT2D eigenvalue weighted by Gasteiger charge is 1.99. The molecule has 1 aliphatic carbocycles. The molecule has 0 fully saturated rings. The molecule has 0 aromatic heterocycles. The van der Waals surface area contributed by atoms with E-state index in [-0.39, 0.29) is 0 Å². The van der Waals surface area contributed by atoms with E-state index in [1.165, 1.54) is 5.57 Å². The monoisotopic (exact) mass is 198 g/mol. The van der Waals surface area contributed by atoms with Crippen molar-refractivity contribution in [3.8, 4) is 0 Å². The van der Waals surface area contributed by atoms with Gasteiger partial charge in [0.15, 0.2) is 0 Å². The average molecular weight is 198 g/mol. The molecule has 0 spiro atoms. The van der Waals surface area contributed by atoms with E-state index < -0.39 is 0 Å². The number of allylic oxidation sites excluding steroid dienone is 2. The Hall–Kier alpha value is -0.510. The third-order valence-electron chi connectivity index (χ3n) is 1.75. The van der Waals surface area contributed by atoms with E-state index in [1.54, 1.807) is 7.11 Å². The molecule has 2 nitrogen and oxygen atoms in total. The SMILES string of the molecule is COCOCC1=CCCC(=S)C=C1. The number of rotatable bonds is 4. The summed E-state index contributed by atoms with van der Waals surface area (Å²) in [5, 5.41) is 0. The number of hydrogen-bond acceptors (Lipinski definition) is 3. The second-order valence-corrected chi connectivity index (χ2v) is 3.40. The Bertz CT molecular complexity index is 231. The van der Waals surface area contributed by atoms with Gasteiger partial charge in [0.05, 0.1) is 6.61 Å². The summed E-state index contributed by atoms with van der Waals surface area (Å²) < 4.78 is 10.0. The van der Waals surface area contributed by atoms with Crippen molar-refractivity contribution in [1.29, 1.82) is 0 Å². The predicted molar refractivity (Wildman–Crippen MR) is 56.9 cm³/mol. The largest absolute Gasteiger partial charge is 0.359 e. The lowest BCUT2D eigenvalue weighted by Crippen LogP contribution is -1.99. The van der Waals surface area contributed by atoms with Crippen molar-refractivity contribution in [3.05, 3.63) is 23.8 Å². The molecule has 0 amide bonds. The zero-order valence-electron chi connectivity index (χ0n) is 7.79. The Morgan fingerprint density at radius 3 is 3.08 bits per heavy atom. The van der Waals surface area contributed by atoms with Crippen molar-refractivity contribution in [3.63, 3.8) is 0 Å². The van der Waals surface area contributed by atoms with E-state index in [2.05, 4.69) is 6.08 Å².